The third-order valence-corrected chi connectivity index (χ3v) is 3.75. The van der Waals surface area contributed by atoms with Gasteiger partial charge in [0, 0.05) is 12.1 Å². The van der Waals surface area contributed by atoms with Gasteiger partial charge in [0.1, 0.15) is 5.75 Å². The minimum Gasteiger partial charge on any atom is -0.497 e. The highest BCUT2D eigenvalue weighted by Gasteiger charge is 2.21. The number of hydrogen-bond acceptors (Lipinski definition) is 3. The van der Waals surface area contributed by atoms with Crippen LogP contribution in [0.2, 0.25) is 0 Å². The van der Waals surface area contributed by atoms with Gasteiger partial charge in [-0.15, -0.1) is 0 Å². The molecule has 3 N–H and O–H groups in total. The second-order valence-electron chi connectivity index (χ2n) is 4.93. The van der Waals surface area contributed by atoms with Crippen LogP contribution in [0, 0.1) is 5.92 Å². The summed E-state index contributed by atoms with van der Waals surface area (Å²) in [7, 11) is 1.66. The van der Waals surface area contributed by atoms with E-state index in [1.54, 1.807) is 7.11 Å². The Morgan fingerprint density at radius 3 is 2.65 bits per heavy atom. The maximum Gasteiger partial charge on any atom is 0.121 e. The van der Waals surface area contributed by atoms with Crippen LogP contribution in [0.1, 0.15) is 32.6 Å². The fourth-order valence-electron chi connectivity index (χ4n) is 2.62. The summed E-state index contributed by atoms with van der Waals surface area (Å²) in [6.07, 6.45) is 5.41. The van der Waals surface area contributed by atoms with E-state index < -0.39 is 0 Å². The number of nitrogen functional groups attached to an aromatic ring is 1. The maximum absolute atomic E-state index is 6.00. The second kappa shape index (κ2) is 5.30. The summed E-state index contributed by atoms with van der Waals surface area (Å²) in [6.45, 7) is 2.25. The number of ether oxygens (including phenoxy) is 1. The zero-order chi connectivity index (χ0) is 12.3. The molecule has 2 rings (SSSR count). The molecule has 1 aliphatic carbocycles. The largest absolute Gasteiger partial charge is 0.497 e. The molecule has 1 aromatic rings. The van der Waals surface area contributed by atoms with Crippen molar-refractivity contribution in [3.8, 4) is 5.75 Å². The molecular weight excluding hydrogens is 212 g/mol. The van der Waals surface area contributed by atoms with Gasteiger partial charge in [0.25, 0.3) is 0 Å². The molecular formula is C14H22N2O. The van der Waals surface area contributed by atoms with Crippen LogP contribution < -0.4 is 15.8 Å². The predicted molar refractivity (Wildman–Crippen MR) is 72.4 cm³/mol. The summed E-state index contributed by atoms with van der Waals surface area (Å²) in [5.41, 5.74) is 7.78. The van der Waals surface area contributed by atoms with Crippen molar-refractivity contribution >= 4 is 11.4 Å². The molecule has 0 saturated heterocycles. The Labute approximate surface area is 103 Å². The number of nitrogens with two attached hydrogens (primary N) is 1. The van der Waals surface area contributed by atoms with Gasteiger partial charge >= 0.3 is 0 Å². The summed E-state index contributed by atoms with van der Waals surface area (Å²) in [4.78, 5) is 0. The Kier molecular flexibility index (Phi) is 3.77. The number of nitrogens with one attached hydrogen (secondary N) is 1. The Morgan fingerprint density at radius 2 is 2.06 bits per heavy atom. The quantitative estimate of drug-likeness (QED) is 0.786. The summed E-state index contributed by atoms with van der Waals surface area (Å²) < 4.78 is 5.15. The van der Waals surface area contributed by atoms with Crippen molar-refractivity contribution in [3.63, 3.8) is 0 Å². The normalized spacial score (nSPS) is 18.0. The highest BCUT2D eigenvalue weighted by molar-refractivity contribution is 5.68. The monoisotopic (exact) mass is 234 g/mol. The molecule has 1 unspecified atom stereocenters. The standard InChI is InChI=1S/C14H22N2O/c1-10(11-5-3-4-6-11)16-14-8-7-12(17-2)9-13(14)15/h7-11,16H,3-6,15H2,1-2H3. The van der Waals surface area contributed by atoms with Crippen LogP contribution >= 0.6 is 0 Å². The van der Waals surface area contributed by atoms with Crippen LogP contribution in [-0.2, 0) is 0 Å². The third-order valence-electron chi connectivity index (χ3n) is 3.75. The number of anilines is 2. The van der Waals surface area contributed by atoms with Crippen molar-refractivity contribution in [1.82, 2.24) is 0 Å². The van der Waals surface area contributed by atoms with Crippen LogP contribution in [0.25, 0.3) is 0 Å². The number of hydrogen-bond donors (Lipinski definition) is 2. The Bertz CT molecular complexity index is 372. The highest BCUT2D eigenvalue weighted by Crippen LogP contribution is 2.31. The first kappa shape index (κ1) is 12.1. The molecule has 0 spiro atoms. The van der Waals surface area contributed by atoms with E-state index in [-0.39, 0.29) is 0 Å². The average Bonchev–Trinajstić information content (AvgIpc) is 2.85. The summed E-state index contributed by atoms with van der Waals surface area (Å²) >= 11 is 0. The van der Waals surface area contributed by atoms with Gasteiger partial charge in [-0.3, -0.25) is 0 Å². The van der Waals surface area contributed by atoms with Crippen molar-refractivity contribution in [2.45, 2.75) is 38.6 Å². The lowest BCUT2D eigenvalue weighted by Crippen LogP contribution is -2.24. The second-order valence-corrected chi connectivity index (χ2v) is 4.93. The van der Waals surface area contributed by atoms with Crippen molar-refractivity contribution in [1.29, 1.82) is 0 Å². The Morgan fingerprint density at radius 1 is 1.35 bits per heavy atom. The Balaban J connectivity index is 2.02. The van der Waals surface area contributed by atoms with Gasteiger partial charge < -0.3 is 15.8 Å². The Hall–Kier alpha value is -1.38. The molecule has 1 fully saturated rings. The molecule has 1 aromatic carbocycles. The number of methoxy groups -OCH3 is 1. The summed E-state index contributed by atoms with van der Waals surface area (Å²) in [5.74, 6) is 1.60. The van der Waals surface area contributed by atoms with E-state index in [9.17, 15) is 0 Å². The van der Waals surface area contributed by atoms with Gasteiger partial charge in [-0.1, -0.05) is 12.8 Å². The van der Waals surface area contributed by atoms with Crippen molar-refractivity contribution in [2.24, 2.45) is 5.92 Å². The van der Waals surface area contributed by atoms with Crippen LogP contribution in [0.5, 0.6) is 5.75 Å². The first-order valence-electron chi connectivity index (χ1n) is 6.40. The SMILES string of the molecule is COc1ccc(NC(C)C2CCCC2)c(N)c1. The zero-order valence-corrected chi connectivity index (χ0v) is 10.7. The summed E-state index contributed by atoms with van der Waals surface area (Å²) in [5, 5.41) is 3.52. The first-order valence-corrected chi connectivity index (χ1v) is 6.40. The molecule has 3 nitrogen and oxygen atoms in total. The lowest BCUT2D eigenvalue weighted by Gasteiger charge is -2.22. The smallest absolute Gasteiger partial charge is 0.121 e. The molecule has 1 atom stereocenters. The van der Waals surface area contributed by atoms with Gasteiger partial charge in [0.15, 0.2) is 0 Å². The van der Waals surface area contributed by atoms with Crippen LogP contribution in [-0.4, -0.2) is 13.2 Å². The highest BCUT2D eigenvalue weighted by atomic mass is 16.5. The lowest BCUT2D eigenvalue weighted by molar-refractivity contribution is 0.415. The molecule has 0 amide bonds. The van der Waals surface area contributed by atoms with Crippen molar-refractivity contribution in [3.05, 3.63) is 18.2 Å². The van der Waals surface area contributed by atoms with E-state index >= 15 is 0 Å². The topological polar surface area (TPSA) is 47.3 Å². The van der Waals surface area contributed by atoms with E-state index in [4.69, 9.17) is 10.5 Å². The van der Waals surface area contributed by atoms with E-state index in [2.05, 4.69) is 12.2 Å². The first-order chi connectivity index (χ1) is 8.20. The lowest BCUT2D eigenvalue weighted by atomic mass is 9.99. The molecule has 94 valence electrons. The van der Waals surface area contributed by atoms with Gasteiger partial charge in [0.05, 0.1) is 18.5 Å². The van der Waals surface area contributed by atoms with E-state index in [0.29, 0.717) is 6.04 Å². The average molecular weight is 234 g/mol. The molecule has 1 saturated carbocycles. The third kappa shape index (κ3) is 2.84. The molecule has 0 heterocycles. The molecule has 17 heavy (non-hydrogen) atoms. The van der Waals surface area contributed by atoms with Crippen LogP contribution in [0.3, 0.4) is 0 Å². The van der Waals surface area contributed by atoms with E-state index in [1.807, 2.05) is 18.2 Å². The fourth-order valence-corrected chi connectivity index (χ4v) is 2.62. The fraction of sp³-hybridized carbons (Fsp3) is 0.571. The van der Waals surface area contributed by atoms with Crippen molar-refractivity contribution in [2.75, 3.05) is 18.2 Å². The zero-order valence-electron chi connectivity index (χ0n) is 10.7. The number of benzene rings is 1. The van der Waals surface area contributed by atoms with E-state index in [1.165, 1.54) is 25.7 Å². The minimum atomic E-state index is 0.494. The number of rotatable bonds is 4. The van der Waals surface area contributed by atoms with Gasteiger partial charge in [0.2, 0.25) is 0 Å². The molecule has 1 aliphatic rings. The maximum atomic E-state index is 6.00. The van der Waals surface area contributed by atoms with E-state index in [0.717, 1.165) is 23.0 Å². The van der Waals surface area contributed by atoms with Gasteiger partial charge in [-0.2, -0.15) is 0 Å². The molecule has 0 aliphatic heterocycles. The minimum absolute atomic E-state index is 0.494. The summed E-state index contributed by atoms with van der Waals surface area (Å²) in [6, 6.07) is 6.30. The van der Waals surface area contributed by atoms with Gasteiger partial charge in [-0.05, 0) is 37.8 Å². The molecule has 0 bridgehead atoms. The predicted octanol–water partition coefficient (Wildman–Crippen LogP) is 3.27. The van der Waals surface area contributed by atoms with Crippen LogP contribution in [0.4, 0.5) is 11.4 Å². The molecule has 0 radical (unpaired) electrons. The van der Waals surface area contributed by atoms with Crippen LogP contribution in [0.15, 0.2) is 18.2 Å². The molecule has 0 aromatic heterocycles. The van der Waals surface area contributed by atoms with Gasteiger partial charge in [-0.25, -0.2) is 0 Å². The van der Waals surface area contributed by atoms with Crippen molar-refractivity contribution < 1.29 is 4.74 Å². The molecule has 3 heteroatoms.